The van der Waals surface area contributed by atoms with Crippen molar-refractivity contribution in [3.8, 4) is 0 Å². The third-order valence-corrected chi connectivity index (χ3v) is 10.2. The van der Waals surface area contributed by atoms with Crippen LogP contribution in [0.5, 0.6) is 0 Å². The van der Waals surface area contributed by atoms with Gasteiger partial charge in [0, 0.05) is 15.8 Å². The molecular weight excluding hydrogens is 384 g/mol. The van der Waals surface area contributed by atoms with Crippen molar-refractivity contribution in [3.63, 3.8) is 0 Å². The summed E-state index contributed by atoms with van der Waals surface area (Å²) in [5.41, 5.74) is 0. The van der Waals surface area contributed by atoms with Gasteiger partial charge in [0.1, 0.15) is 4.75 Å². The Morgan fingerprint density at radius 2 is 1.92 bits per heavy atom. The summed E-state index contributed by atoms with van der Waals surface area (Å²) >= 11 is 3.00. The summed E-state index contributed by atoms with van der Waals surface area (Å²) in [5, 5.41) is 3.90. The molecule has 1 saturated carbocycles. The van der Waals surface area contributed by atoms with Crippen LogP contribution in [0.2, 0.25) is 0 Å². The van der Waals surface area contributed by atoms with Crippen LogP contribution in [0.25, 0.3) is 0 Å². The van der Waals surface area contributed by atoms with Gasteiger partial charge < -0.3 is 4.90 Å². The maximum Gasteiger partial charge on any atom is 0.174 e. The number of fused-ring (bicyclic) bond motifs is 1. The number of nitrogens with zero attached hydrogens (tertiary/aromatic N) is 1. The maximum absolute atomic E-state index is 13.0. The van der Waals surface area contributed by atoms with E-state index in [1.165, 1.54) is 35.5 Å². The largest absolute Gasteiger partial charge is 0.303 e. The zero-order valence-electron chi connectivity index (χ0n) is 15.0. The Bertz CT molecular complexity index is 796. The molecule has 2 aliphatic rings. The molecule has 0 spiro atoms. The first kappa shape index (κ1) is 18.6. The minimum Gasteiger partial charge on any atom is -0.303 e. The Hall–Kier alpha value is -0.730. The minimum absolute atomic E-state index is 0.382. The molecule has 0 amide bonds. The highest BCUT2D eigenvalue weighted by Crippen LogP contribution is 2.51. The molecule has 2 aromatic rings. The molecule has 4 atom stereocenters. The first-order valence-corrected chi connectivity index (χ1v) is 12.5. The van der Waals surface area contributed by atoms with E-state index in [1.807, 2.05) is 35.0 Å². The number of likely N-dealkylation sites (tertiary alicyclic amines) is 1. The summed E-state index contributed by atoms with van der Waals surface area (Å²) in [5.74, 6) is 1.08. The van der Waals surface area contributed by atoms with Crippen molar-refractivity contribution in [2.24, 2.45) is 11.8 Å². The summed E-state index contributed by atoms with van der Waals surface area (Å²) in [4.78, 5) is 4.18. The molecule has 0 radical (unpaired) electrons. The van der Waals surface area contributed by atoms with E-state index in [2.05, 4.69) is 11.9 Å². The van der Waals surface area contributed by atoms with Crippen LogP contribution in [0.3, 0.4) is 0 Å². The molecule has 4 nitrogen and oxygen atoms in total. The van der Waals surface area contributed by atoms with Gasteiger partial charge in [0.15, 0.2) is 10.0 Å². The number of nitrogens with one attached hydrogen (secondary N) is 1. The van der Waals surface area contributed by atoms with Crippen LogP contribution in [0.4, 0.5) is 0 Å². The molecule has 1 saturated heterocycles. The van der Waals surface area contributed by atoms with Crippen LogP contribution >= 0.6 is 22.7 Å². The van der Waals surface area contributed by atoms with Crippen LogP contribution in [0, 0.1) is 16.6 Å². The Kier molecular flexibility index (Phi) is 5.03. The predicted octanol–water partition coefficient (Wildman–Crippen LogP) is 5.08. The molecule has 2 fully saturated rings. The predicted molar refractivity (Wildman–Crippen MR) is 109 cm³/mol. The molecule has 1 aliphatic heterocycles. The monoisotopic (exact) mass is 410 g/mol. The lowest BCUT2D eigenvalue weighted by Gasteiger charge is -2.35. The normalized spacial score (nSPS) is 29.4. The van der Waals surface area contributed by atoms with Crippen molar-refractivity contribution in [1.29, 1.82) is 4.78 Å². The SMILES string of the molecule is CN1CCCC2CC(CC(c3cccs3)(c3cccs3)S(=N)(=O)O)CC21. The van der Waals surface area contributed by atoms with E-state index in [0.717, 1.165) is 29.1 Å². The standard InChI is InChI=1S/C19H26N2O2S3/c1-21-8-2-5-15-11-14(12-16(15)21)13-19(26(20,22)23,17-6-3-9-24-17)18-7-4-10-25-18/h3-4,6-7,9-10,14-16H,2,5,8,11-13H2,1H3,(H2,20,22,23). The van der Waals surface area contributed by atoms with Gasteiger partial charge in [-0.1, -0.05) is 12.1 Å². The number of rotatable bonds is 5. The van der Waals surface area contributed by atoms with E-state index in [1.54, 1.807) is 0 Å². The highest BCUT2D eigenvalue weighted by molar-refractivity contribution is 7.88. The molecule has 4 rings (SSSR count). The van der Waals surface area contributed by atoms with Gasteiger partial charge >= 0.3 is 0 Å². The second-order valence-electron chi connectivity index (χ2n) is 7.80. The zero-order valence-corrected chi connectivity index (χ0v) is 17.4. The van der Waals surface area contributed by atoms with Crippen LogP contribution in [-0.4, -0.2) is 33.3 Å². The van der Waals surface area contributed by atoms with Gasteiger partial charge in [-0.3, -0.25) is 4.55 Å². The third-order valence-electron chi connectivity index (χ3n) is 6.29. The van der Waals surface area contributed by atoms with E-state index in [9.17, 15) is 8.76 Å². The lowest BCUT2D eigenvalue weighted by Crippen LogP contribution is -2.39. The molecule has 2 aromatic heterocycles. The summed E-state index contributed by atoms with van der Waals surface area (Å²) in [7, 11) is -1.59. The van der Waals surface area contributed by atoms with Crippen molar-refractivity contribution in [3.05, 3.63) is 44.8 Å². The van der Waals surface area contributed by atoms with Crippen molar-refractivity contribution < 1.29 is 8.76 Å². The molecule has 0 aromatic carbocycles. The minimum atomic E-state index is -3.80. The topological polar surface area (TPSA) is 64.4 Å². The van der Waals surface area contributed by atoms with E-state index in [-0.39, 0.29) is 0 Å². The smallest absolute Gasteiger partial charge is 0.174 e. The Morgan fingerprint density at radius 1 is 1.27 bits per heavy atom. The summed E-state index contributed by atoms with van der Waals surface area (Å²) in [6, 6.07) is 8.32. The molecule has 3 heterocycles. The zero-order chi connectivity index (χ0) is 18.4. The van der Waals surface area contributed by atoms with Crippen LogP contribution in [0.1, 0.15) is 41.9 Å². The van der Waals surface area contributed by atoms with E-state index in [4.69, 9.17) is 4.78 Å². The molecule has 0 bridgehead atoms. The van der Waals surface area contributed by atoms with E-state index in [0.29, 0.717) is 24.3 Å². The molecule has 142 valence electrons. The van der Waals surface area contributed by atoms with Gasteiger partial charge in [0.2, 0.25) is 0 Å². The molecular formula is C19H26N2O2S3. The van der Waals surface area contributed by atoms with Gasteiger partial charge in [-0.15, -0.1) is 22.7 Å². The summed E-state index contributed by atoms with van der Waals surface area (Å²) < 4.78 is 30.8. The van der Waals surface area contributed by atoms with Crippen molar-refractivity contribution in [2.45, 2.75) is 42.9 Å². The second-order valence-corrected chi connectivity index (χ2v) is 11.4. The van der Waals surface area contributed by atoms with Crippen LogP contribution < -0.4 is 0 Å². The fourth-order valence-corrected chi connectivity index (χ4v) is 9.00. The van der Waals surface area contributed by atoms with Gasteiger partial charge in [0.25, 0.3) is 0 Å². The first-order valence-electron chi connectivity index (χ1n) is 9.21. The number of piperidine rings is 1. The van der Waals surface area contributed by atoms with Gasteiger partial charge in [-0.2, -0.15) is 0 Å². The second kappa shape index (κ2) is 7.02. The lowest BCUT2D eigenvalue weighted by molar-refractivity contribution is 0.144. The summed E-state index contributed by atoms with van der Waals surface area (Å²) in [6.45, 7) is 1.16. The van der Waals surface area contributed by atoms with Crippen molar-refractivity contribution in [2.75, 3.05) is 13.6 Å². The van der Waals surface area contributed by atoms with Gasteiger partial charge in [-0.25, -0.2) is 8.99 Å². The first-order chi connectivity index (χ1) is 12.4. The molecule has 26 heavy (non-hydrogen) atoms. The fraction of sp³-hybridized carbons (Fsp3) is 0.579. The van der Waals surface area contributed by atoms with Crippen molar-refractivity contribution >= 4 is 32.7 Å². The van der Waals surface area contributed by atoms with Crippen LogP contribution in [-0.2, 0) is 14.8 Å². The lowest BCUT2D eigenvalue weighted by atomic mass is 9.88. The highest BCUT2D eigenvalue weighted by Gasteiger charge is 2.50. The summed E-state index contributed by atoms with van der Waals surface area (Å²) in [6.07, 6.45) is 5.30. The van der Waals surface area contributed by atoms with Gasteiger partial charge in [0.05, 0.1) is 0 Å². The van der Waals surface area contributed by atoms with Crippen LogP contribution in [0.15, 0.2) is 35.0 Å². The average Bonchev–Trinajstić information content (AvgIpc) is 3.32. The Labute approximate surface area is 164 Å². The Balaban J connectivity index is 1.73. The van der Waals surface area contributed by atoms with Gasteiger partial charge in [-0.05, 0) is 80.4 Å². The molecule has 1 aliphatic carbocycles. The number of hydrogen-bond donors (Lipinski definition) is 2. The number of hydrogen-bond acceptors (Lipinski definition) is 5. The fourth-order valence-electron chi connectivity index (χ4n) is 5.13. The third kappa shape index (κ3) is 3.07. The van der Waals surface area contributed by atoms with Crippen molar-refractivity contribution in [1.82, 2.24) is 4.90 Å². The highest BCUT2D eigenvalue weighted by atomic mass is 32.2. The molecule has 4 unspecified atom stereocenters. The number of thiophene rings is 2. The molecule has 7 heteroatoms. The molecule has 2 N–H and O–H groups in total. The average molecular weight is 411 g/mol. The quantitative estimate of drug-likeness (QED) is 0.722. The van der Waals surface area contributed by atoms with E-state index >= 15 is 0 Å². The Morgan fingerprint density at radius 3 is 2.42 bits per heavy atom. The van der Waals surface area contributed by atoms with E-state index < -0.39 is 14.8 Å². The maximum atomic E-state index is 13.0.